The summed E-state index contributed by atoms with van der Waals surface area (Å²) in [4.78, 5) is 0. The Hall–Kier alpha value is -1.64. The SMILES string of the molecule is Cc1ccccc1C(c1ccccc1)C(CO)CO. The van der Waals surface area contributed by atoms with E-state index in [1.165, 1.54) is 11.1 Å². The van der Waals surface area contributed by atoms with Crippen LogP contribution >= 0.6 is 0 Å². The number of aliphatic hydroxyl groups is 2. The summed E-state index contributed by atoms with van der Waals surface area (Å²) in [5.41, 5.74) is 3.48. The molecule has 0 radical (unpaired) electrons. The van der Waals surface area contributed by atoms with Crippen LogP contribution in [0.15, 0.2) is 54.6 Å². The maximum Gasteiger partial charge on any atom is 0.0490 e. The fourth-order valence-electron chi connectivity index (χ4n) is 2.57. The van der Waals surface area contributed by atoms with E-state index in [1.807, 2.05) is 30.3 Å². The van der Waals surface area contributed by atoms with E-state index in [4.69, 9.17) is 0 Å². The molecule has 19 heavy (non-hydrogen) atoms. The molecule has 0 bridgehead atoms. The second-order valence-electron chi connectivity index (χ2n) is 4.87. The summed E-state index contributed by atoms with van der Waals surface area (Å²) in [7, 11) is 0. The number of aliphatic hydroxyl groups excluding tert-OH is 2. The molecule has 0 aromatic heterocycles. The zero-order chi connectivity index (χ0) is 13.7. The van der Waals surface area contributed by atoms with Crippen molar-refractivity contribution >= 4 is 0 Å². The van der Waals surface area contributed by atoms with Crippen LogP contribution in [-0.4, -0.2) is 23.4 Å². The first-order valence-electron chi connectivity index (χ1n) is 6.60. The summed E-state index contributed by atoms with van der Waals surface area (Å²) in [6.45, 7) is 2.02. The van der Waals surface area contributed by atoms with Crippen LogP contribution in [0, 0.1) is 12.8 Å². The highest BCUT2D eigenvalue weighted by molar-refractivity contribution is 5.38. The van der Waals surface area contributed by atoms with Crippen LogP contribution in [0.1, 0.15) is 22.6 Å². The molecule has 2 N–H and O–H groups in total. The molecule has 0 aliphatic heterocycles. The lowest BCUT2D eigenvalue weighted by molar-refractivity contribution is 0.138. The summed E-state index contributed by atoms with van der Waals surface area (Å²) in [5, 5.41) is 19.1. The van der Waals surface area contributed by atoms with Crippen molar-refractivity contribution in [2.24, 2.45) is 5.92 Å². The highest BCUT2D eigenvalue weighted by atomic mass is 16.3. The Balaban J connectivity index is 2.49. The number of hydrogen-bond donors (Lipinski definition) is 2. The normalized spacial score (nSPS) is 12.6. The third-order valence-electron chi connectivity index (χ3n) is 3.62. The molecule has 0 amide bonds. The van der Waals surface area contributed by atoms with Crippen molar-refractivity contribution in [3.8, 4) is 0 Å². The molecule has 1 atom stereocenters. The largest absolute Gasteiger partial charge is 0.396 e. The summed E-state index contributed by atoms with van der Waals surface area (Å²) < 4.78 is 0. The van der Waals surface area contributed by atoms with Crippen LogP contribution in [0.5, 0.6) is 0 Å². The molecule has 1 unspecified atom stereocenters. The van der Waals surface area contributed by atoms with Gasteiger partial charge < -0.3 is 10.2 Å². The molecule has 0 fully saturated rings. The van der Waals surface area contributed by atoms with Gasteiger partial charge in [-0.25, -0.2) is 0 Å². The van der Waals surface area contributed by atoms with Gasteiger partial charge in [0.25, 0.3) is 0 Å². The van der Waals surface area contributed by atoms with Crippen molar-refractivity contribution in [2.75, 3.05) is 13.2 Å². The van der Waals surface area contributed by atoms with Gasteiger partial charge in [0.15, 0.2) is 0 Å². The van der Waals surface area contributed by atoms with E-state index in [0.717, 1.165) is 5.56 Å². The molecule has 2 rings (SSSR count). The minimum absolute atomic E-state index is 0.0234. The zero-order valence-corrected chi connectivity index (χ0v) is 11.2. The maximum atomic E-state index is 9.55. The van der Waals surface area contributed by atoms with Gasteiger partial charge in [-0.05, 0) is 23.6 Å². The van der Waals surface area contributed by atoms with Gasteiger partial charge >= 0.3 is 0 Å². The van der Waals surface area contributed by atoms with Gasteiger partial charge in [-0.3, -0.25) is 0 Å². The Kier molecular flexibility index (Phi) is 4.72. The minimum Gasteiger partial charge on any atom is -0.396 e. The molecule has 2 aromatic rings. The third-order valence-corrected chi connectivity index (χ3v) is 3.62. The second-order valence-corrected chi connectivity index (χ2v) is 4.87. The number of aryl methyl sites for hydroxylation is 1. The van der Waals surface area contributed by atoms with Crippen molar-refractivity contribution < 1.29 is 10.2 Å². The molecular formula is C17H20O2. The number of hydrogen-bond acceptors (Lipinski definition) is 2. The highest BCUT2D eigenvalue weighted by Crippen LogP contribution is 2.33. The van der Waals surface area contributed by atoms with Gasteiger partial charge in [0.1, 0.15) is 0 Å². The van der Waals surface area contributed by atoms with Gasteiger partial charge in [-0.2, -0.15) is 0 Å². The van der Waals surface area contributed by atoms with E-state index < -0.39 is 0 Å². The van der Waals surface area contributed by atoms with Crippen LogP contribution < -0.4 is 0 Å². The molecule has 2 aromatic carbocycles. The first kappa shape index (κ1) is 13.8. The predicted molar refractivity (Wildman–Crippen MR) is 77.1 cm³/mol. The van der Waals surface area contributed by atoms with Crippen LogP contribution in [0.2, 0.25) is 0 Å². The van der Waals surface area contributed by atoms with E-state index in [0.29, 0.717) is 0 Å². The van der Waals surface area contributed by atoms with Gasteiger partial charge in [-0.1, -0.05) is 54.6 Å². The lowest BCUT2D eigenvalue weighted by Gasteiger charge is -2.26. The van der Waals surface area contributed by atoms with Crippen molar-refractivity contribution in [3.05, 3.63) is 71.3 Å². The summed E-state index contributed by atoms with van der Waals surface area (Å²) in [5.74, 6) is -0.152. The molecule has 2 heteroatoms. The second kappa shape index (κ2) is 6.50. The van der Waals surface area contributed by atoms with E-state index >= 15 is 0 Å². The fraction of sp³-hybridized carbons (Fsp3) is 0.294. The Morgan fingerprint density at radius 2 is 1.42 bits per heavy atom. The Morgan fingerprint density at radius 3 is 2.00 bits per heavy atom. The standard InChI is InChI=1S/C17H20O2/c1-13-7-5-6-10-16(13)17(15(11-18)12-19)14-8-3-2-4-9-14/h2-10,15,17-19H,11-12H2,1H3. The van der Waals surface area contributed by atoms with Crippen LogP contribution in [0.3, 0.4) is 0 Å². The van der Waals surface area contributed by atoms with Crippen molar-refractivity contribution in [1.82, 2.24) is 0 Å². The Labute approximate surface area is 114 Å². The number of rotatable bonds is 5. The molecule has 2 nitrogen and oxygen atoms in total. The average Bonchev–Trinajstić information content (AvgIpc) is 2.47. The van der Waals surface area contributed by atoms with Crippen LogP contribution in [0.25, 0.3) is 0 Å². The van der Waals surface area contributed by atoms with E-state index in [1.54, 1.807) is 0 Å². The van der Waals surface area contributed by atoms with E-state index in [9.17, 15) is 10.2 Å². The molecule has 0 aliphatic carbocycles. The summed E-state index contributed by atoms with van der Waals surface area (Å²) >= 11 is 0. The summed E-state index contributed by atoms with van der Waals surface area (Å²) in [6.07, 6.45) is 0. The topological polar surface area (TPSA) is 40.5 Å². The van der Waals surface area contributed by atoms with Crippen molar-refractivity contribution in [1.29, 1.82) is 0 Å². The fourth-order valence-corrected chi connectivity index (χ4v) is 2.57. The molecule has 0 saturated heterocycles. The monoisotopic (exact) mass is 256 g/mol. The van der Waals surface area contributed by atoms with Crippen LogP contribution in [-0.2, 0) is 0 Å². The van der Waals surface area contributed by atoms with Gasteiger partial charge in [0.2, 0.25) is 0 Å². The number of benzene rings is 2. The minimum atomic E-state index is -0.177. The molecule has 0 heterocycles. The Morgan fingerprint density at radius 1 is 0.842 bits per heavy atom. The summed E-state index contributed by atoms with van der Waals surface area (Å²) in [6, 6.07) is 18.2. The molecule has 0 aliphatic rings. The predicted octanol–water partition coefficient (Wildman–Crippen LogP) is 2.73. The van der Waals surface area contributed by atoms with Crippen LogP contribution in [0.4, 0.5) is 0 Å². The smallest absolute Gasteiger partial charge is 0.0490 e. The van der Waals surface area contributed by atoms with Crippen molar-refractivity contribution in [3.63, 3.8) is 0 Å². The molecule has 100 valence electrons. The van der Waals surface area contributed by atoms with Gasteiger partial charge in [0, 0.05) is 25.0 Å². The molecular weight excluding hydrogens is 236 g/mol. The highest BCUT2D eigenvalue weighted by Gasteiger charge is 2.24. The molecule has 0 saturated carbocycles. The lowest BCUT2D eigenvalue weighted by atomic mass is 9.80. The van der Waals surface area contributed by atoms with Crippen molar-refractivity contribution in [2.45, 2.75) is 12.8 Å². The Bertz CT molecular complexity index is 504. The quantitative estimate of drug-likeness (QED) is 0.863. The zero-order valence-electron chi connectivity index (χ0n) is 11.2. The average molecular weight is 256 g/mol. The van der Waals surface area contributed by atoms with Gasteiger partial charge in [0.05, 0.1) is 0 Å². The third kappa shape index (κ3) is 3.03. The first-order valence-corrected chi connectivity index (χ1v) is 6.60. The molecule has 0 spiro atoms. The lowest BCUT2D eigenvalue weighted by Crippen LogP contribution is -2.22. The van der Waals surface area contributed by atoms with E-state index in [-0.39, 0.29) is 25.0 Å². The van der Waals surface area contributed by atoms with Gasteiger partial charge in [-0.15, -0.1) is 0 Å². The van der Waals surface area contributed by atoms with E-state index in [2.05, 4.69) is 31.2 Å². The maximum absolute atomic E-state index is 9.55. The first-order chi connectivity index (χ1) is 9.27.